The second kappa shape index (κ2) is 5.60. The number of hydrogen-bond donors (Lipinski definition) is 1. The van der Waals surface area contributed by atoms with Gasteiger partial charge < -0.3 is 5.32 Å². The third kappa shape index (κ3) is 2.38. The van der Waals surface area contributed by atoms with Crippen molar-refractivity contribution in [3.05, 3.63) is 61.8 Å². The fourth-order valence-corrected chi connectivity index (χ4v) is 2.83. The molecule has 1 fully saturated rings. The number of rotatable bonds is 3. The third-order valence-corrected chi connectivity index (χ3v) is 4.26. The Hall–Kier alpha value is -2.95. The highest BCUT2D eigenvalue weighted by atomic mass is 19.1. The van der Waals surface area contributed by atoms with Crippen LogP contribution in [0.15, 0.2) is 27.8 Å². The van der Waals surface area contributed by atoms with Crippen LogP contribution in [0.1, 0.15) is 23.5 Å². The van der Waals surface area contributed by atoms with Crippen LogP contribution < -0.4 is 16.6 Å². The Balaban J connectivity index is 1.97. The smallest absolute Gasteiger partial charge is 0.332 e. The summed E-state index contributed by atoms with van der Waals surface area (Å²) in [6.07, 6.45) is 0.437. The van der Waals surface area contributed by atoms with Crippen LogP contribution in [0.25, 0.3) is 0 Å². The Morgan fingerprint density at radius 2 is 1.83 bits per heavy atom. The molecule has 0 aliphatic heterocycles. The van der Waals surface area contributed by atoms with Crippen molar-refractivity contribution in [3.8, 4) is 6.07 Å². The molecule has 2 aromatic rings. The van der Waals surface area contributed by atoms with Crippen LogP contribution in [-0.4, -0.2) is 15.2 Å². The second-order valence-corrected chi connectivity index (χ2v) is 5.77. The molecule has 8 heteroatoms. The van der Waals surface area contributed by atoms with Gasteiger partial charge >= 0.3 is 5.69 Å². The van der Waals surface area contributed by atoms with Gasteiger partial charge in [-0.3, -0.25) is 13.9 Å². The summed E-state index contributed by atoms with van der Waals surface area (Å²) < 4.78 is 29.6. The molecule has 1 saturated carbocycles. The highest BCUT2D eigenvalue weighted by molar-refractivity contribution is 5.54. The number of aromatic nitrogens is 2. The highest BCUT2D eigenvalue weighted by Gasteiger charge is 2.42. The van der Waals surface area contributed by atoms with Crippen molar-refractivity contribution in [2.45, 2.75) is 18.4 Å². The van der Waals surface area contributed by atoms with E-state index in [1.807, 2.05) is 0 Å². The van der Waals surface area contributed by atoms with Crippen LogP contribution >= 0.6 is 0 Å². The van der Waals surface area contributed by atoms with Gasteiger partial charge in [0, 0.05) is 31.6 Å². The van der Waals surface area contributed by atoms with Gasteiger partial charge in [-0.05, 0) is 18.6 Å². The van der Waals surface area contributed by atoms with E-state index in [4.69, 9.17) is 0 Å². The topological polar surface area (TPSA) is 79.8 Å². The lowest BCUT2D eigenvalue weighted by molar-refractivity contribution is 0.555. The van der Waals surface area contributed by atoms with E-state index in [-0.39, 0.29) is 23.0 Å². The van der Waals surface area contributed by atoms with Gasteiger partial charge in [-0.1, -0.05) is 6.07 Å². The molecule has 1 aliphatic rings. The minimum Gasteiger partial charge on any atom is -0.367 e. The summed E-state index contributed by atoms with van der Waals surface area (Å²) in [4.78, 5) is 24.0. The predicted molar refractivity (Wildman–Crippen MR) is 82.8 cm³/mol. The van der Waals surface area contributed by atoms with Gasteiger partial charge in [-0.25, -0.2) is 13.6 Å². The lowest BCUT2D eigenvalue weighted by atomic mass is 10.1. The average Bonchev–Trinajstić information content (AvgIpc) is 3.29. The quantitative estimate of drug-likeness (QED) is 0.916. The van der Waals surface area contributed by atoms with E-state index in [9.17, 15) is 23.6 Å². The van der Waals surface area contributed by atoms with Gasteiger partial charge in [0.15, 0.2) is 5.56 Å². The molecular formula is C16H14F2N4O2. The summed E-state index contributed by atoms with van der Waals surface area (Å²) in [5.41, 5.74) is -1.53. The molecule has 124 valence electrons. The van der Waals surface area contributed by atoms with Crippen molar-refractivity contribution < 1.29 is 8.78 Å². The van der Waals surface area contributed by atoms with Gasteiger partial charge in [0.2, 0.25) is 0 Å². The summed E-state index contributed by atoms with van der Waals surface area (Å²) in [6.45, 7) is 0. The summed E-state index contributed by atoms with van der Waals surface area (Å²) >= 11 is 0. The maximum atomic E-state index is 13.8. The lowest BCUT2D eigenvalue weighted by Gasteiger charge is -2.14. The molecule has 1 aromatic heterocycles. The fourth-order valence-electron chi connectivity index (χ4n) is 2.83. The highest BCUT2D eigenvalue weighted by Crippen LogP contribution is 2.44. The molecule has 1 aromatic carbocycles. The Kier molecular flexibility index (Phi) is 3.72. The summed E-state index contributed by atoms with van der Waals surface area (Å²) in [7, 11) is 2.70. The van der Waals surface area contributed by atoms with Gasteiger partial charge in [-0.15, -0.1) is 0 Å². The number of anilines is 1. The van der Waals surface area contributed by atoms with Crippen molar-refractivity contribution in [1.82, 2.24) is 9.13 Å². The first kappa shape index (κ1) is 15.9. The Morgan fingerprint density at radius 3 is 2.42 bits per heavy atom. The number of halogens is 2. The minimum atomic E-state index is -0.711. The molecule has 24 heavy (non-hydrogen) atoms. The molecule has 3 rings (SSSR count). The molecule has 1 aliphatic carbocycles. The molecule has 0 amide bonds. The molecule has 0 spiro atoms. The molecule has 6 nitrogen and oxygen atoms in total. The zero-order chi connectivity index (χ0) is 17.6. The van der Waals surface area contributed by atoms with Crippen molar-refractivity contribution in [1.29, 1.82) is 5.26 Å². The average molecular weight is 332 g/mol. The summed E-state index contributed by atoms with van der Waals surface area (Å²) in [6, 6.07) is 5.07. The van der Waals surface area contributed by atoms with Gasteiger partial charge in [-0.2, -0.15) is 5.26 Å². The Bertz CT molecular complexity index is 967. The van der Waals surface area contributed by atoms with Crippen molar-refractivity contribution >= 4 is 5.82 Å². The first-order valence-electron chi connectivity index (χ1n) is 7.27. The predicted octanol–water partition coefficient (Wildman–Crippen LogP) is 1.20. The van der Waals surface area contributed by atoms with Crippen LogP contribution in [0.3, 0.4) is 0 Å². The Labute approximate surface area is 135 Å². The zero-order valence-electron chi connectivity index (χ0n) is 13.0. The van der Waals surface area contributed by atoms with Crippen LogP contribution in [0.4, 0.5) is 14.6 Å². The lowest BCUT2D eigenvalue weighted by Crippen LogP contribution is -2.40. The van der Waals surface area contributed by atoms with Gasteiger partial charge in [0.1, 0.15) is 23.5 Å². The molecule has 0 unspecified atom stereocenters. The first-order valence-corrected chi connectivity index (χ1v) is 7.27. The normalized spacial score (nSPS) is 19.0. The second-order valence-electron chi connectivity index (χ2n) is 5.77. The molecule has 0 bridgehead atoms. The maximum absolute atomic E-state index is 13.8. The molecule has 0 saturated heterocycles. The zero-order valence-corrected chi connectivity index (χ0v) is 13.0. The maximum Gasteiger partial charge on any atom is 0.332 e. The van der Waals surface area contributed by atoms with Crippen LogP contribution in [0, 0.1) is 23.0 Å². The van der Waals surface area contributed by atoms with Crippen molar-refractivity contribution in [2.75, 3.05) is 5.32 Å². The largest absolute Gasteiger partial charge is 0.367 e. The van der Waals surface area contributed by atoms with E-state index in [2.05, 4.69) is 5.32 Å². The van der Waals surface area contributed by atoms with Crippen molar-refractivity contribution in [2.24, 2.45) is 14.1 Å². The van der Waals surface area contributed by atoms with Gasteiger partial charge in [0.25, 0.3) is 5.56 Å². The molecule has 0 radical (unpaired) electrons. The SMILES string of the molecule is Cn1c(N[C@@H]2C[C@H]2c2c(F)cccc2F)c(C#N)c(=O)n(C)c1=O. The first-order chi connectivity index (χ1) is 11.4. The van der Waals surface area contributed by atoms with E-state index in [0.717, 1.165) is 9.13 Å². The van der Waals surface area contributed by atoms with E-state index in [1.165, 1.54) is 32.3 Å². The molecule has 1 N–H and O–H groups in total. The van der Waals surface area contributed by atoms with Crippen LogP contribution in [-0.2, 0) is 14.1 Å². The third-order valence-electron chi connectivity index (χ3n) is 4.26. The molecular weight excluding hydrogens is 318 g/mol. The van der Waals surface area contributed by atoms with E-state index >= 15 is 0 Å². The minimum absolute atomic E-state index is 0.0256. The van der Waals surface area contributed by atoms with E-state index in [0.29, 0.717) is 6.42 Å². The number of hydrogen-bond acceptors (Lipinski definition) is 4. The monoisotopic (exact) mass is 332 g/mol. The standard InChI is InChI=1S/C16H14F2N4O2/c1-21-14(9(7-19)15(23)22(2)16(21)24)20-12-6-8(12)13-10(17)4-3-5-11(13)18/h3-5,8,12,20H,6H2,1-2H3/t8-,12-/m1/s1. The molecule has 1 heterocycles. The fraction of sp³-hybridized carbons (Fsp3) is 0.312. The van der Waals surface area contributed by atoms with E-state index in [1.54, 1.807) is 6.07 Å². The van der Waals surface area contributed by atoms with E-state index < -0.39 is 28.8 Å². The number of nitrogens with one attached hydrogen (secondary N) is 1. The number of nitrogens with zero attached hydrogens (tertiary/aromatic N) is 3. The Morgan fingerprint density at radius 1 is 1.21 bits per heavy atom. The number of nitriles is 1. The van der Waals surface area contributed by atoms with Crippen molar-refractivity contribution in [3.63, 3.8) is 0 Å². The molecule has 2 atom stereocenters. The summed E-state index contributed by atoms with van der Waals surface area (Å²) in [5.74, 6) is -1.63. The van der Waals surface area contributed by atoms with Gasteiger partial charge in [0.05, 0.1) is 0 Å². The van der Waals surface area contributed by atoms with Crippen LogP contribution in [0.5, 0.6) is 0 Å². The number of benzene rings is 1. The van der Waals surface area contributed by atoms with Crippen LogP contribution in [0.2, 0.25) is 0 Å². The summed E-state index contributed by atoms with van der Waals surface area (Å²) in [5, 5.41) is 12.1.